The van der Waals surface area contributed by atoms with Crippen LogP contribution in [0.15, 0.2) is 91.1 Å². The van der Waals surface area contributed by atoms with E-state index in [-0.39, 0.29) is 69.1 Å². The van der Waals surface area contributed by atoms with Gasteiger partial charge >= 0.3 is 0 Å². The Bertz CT molecular complexity index is 2680. The highest BCUT2D eigenvalue weighted by molar-refractivity contribution is 7.84. The zero-order valence-corrected chi connectivity index (χ0v) is 45.6. The van der Waals surface area contributed by atoms with Crippen molar-refractivity contribution in [2.75, 3.05) is 18.6 Å². The number of nitrogens with zero attached hydrogens (tertiary/aromatic N) is 1. The molecule has 410 valence electrons. The Labute approximate surface area is 448 Å². The van der Waals surface area contributed by atoms with Crippen molar-refractivity contribution in [3.63, 3.8) is 0 Å². The Morgan fingerprint density at radius 2 is 1.03 bits per heavy atom. The number of para-hydroxylation sites is 1. The minimum Gasteiger partial charge on any atom is -0.361 e. The van der Waals surface area contributed by atoms with E-state index in [1.54, 1.807) is 49.5 Å². The molecule has 10 atom stereocenters. The van der Waals surface area contributed by atoms with Crippen LogP contribution in [0, 0.1) is 17.8 Å². The molecular formula is C57H77N9O9S. The number of benzene rings is 3. The summed E-state index contributed by atoms with van der Waals surface area (Å²) >= 11 is 0. The third kappa shape index (κ3) is 16.3. The summed E-state index contributed by atoms with van der Waals surface area (Å²) in [7, 11) is -1.39. The average Bonchev–Trinajstić information content (AvgIpc) is 4.06. The summed E-state index contributed by atoms with van der Waals surface area (Å²) in [6, 6.07) is 15.8. The van der Waals surface area contributed by atoms with Gasteiger partial charge in [-0.15, -0.1) is 0 Å². The molecule has 2 fully saturated rings. The lowest BCUT2D eigenvalue weighted by atomic mass is 9.96. The lowest BCUT2D eigenvalue weighted by Gasteiger charge is -2.32. The number of carbonyl (C=O) groups is 8. The number of aromatic amines is 1. The fraction of sp³-hybridized carbons (Fsp3) is 0.509. The van der Waals surface area contributed by atoms with Crippen LogP contribution in [0.5, 0.6) is 0 Å². The van der Waals surface area contributed by atoms with E-state index in [0.29, 0.717) is 29.5 Å². The molecule has 2 aliphatic heterocycles. The molecular weight excluding hydrogens is 987 g/mol. The van der Waals surface area contributed by atoms with Gasteiger partial charge in [0.05, 0.1) is 0 Å². The summed E-state index contributed by atoms with van der Waals surface area (Å²) in [6.07, 6.45) is 4.61. The molecule has 0 spiro atoms. The van der Waals surface area contributed by atoms with Crippen LogP contribution in [0.2, 0.25) is 0 Å². The normalized spacial score (nSPS) is 24.8. The number of hydrogen-bond donors (Lipinski definition) is 8. The van der Waals surface area contributed by atoms with E-state index in [1.807, 2.05) is 83.1 Å². The molecule has 76 heavy (non-hydrogen) atoms. The molecule has 19 heteroatoms. The lowest BCUT2D eigenvalue weighted by Crippen LogP contribution is -2.62. The molecule has 1 aromatic heterocycles. The molecule has 4 aromatic rings. The van der Waals surface area contributed by atoms with E-state index < -0.39 is 112 Å². The summed E-state index contributed by atoms with van der Waals surface area (Å²) in [4.78, 5) is 122. The van der Waals surface area contributed by atoms with Gasteiger partial charge in [-0.05, 0) is 72.6 Å². The minimum absolute atomic E-state index is 0.0123. The van der Waals surface area contributed by atoms with Crippen LogP contribution in [-0.2, 0) is 68.4 Å². The van der Waals surface area contributed by atoms with Gasteiger partial charge in [0.25, 0.3) is 0 Å². The first-order valence-corrected chi connectivity index (χ1v) is 28.4. The van der Waals surface area contributed by atoms with Gasteiger partial charge in [-0.2, -0.15) is 0 Å². The average molecular weight is 1060 g/mol. The standard InChI is InChI=1S/C57H77N9O9S/c1-8-36(6)49-56(73)59-42(25-27-76(7)75)50(67)60-43(28-34(2)3)51(68)64-47(29-35(4)5)57(74)66-26-17-24-48(66)55(72)63-45(31-38-20-13-10-14-21-38)53(70)61-44(30-37-18-11-9-12-19-37)52(69)62-46(54(71)65-49)32-39-33-58-41-23-16-15-22-40(39)41/h9-16,18-23,33-36,42-49,58H,8,17,24-32H2,1-7H3,(H,59,73)(H,60,67)(H,61,70)(H,62,69)(H,63,72)(H,64,68)(H,65,71). The second-order valence-corrected chi connectivity index (χ2v) is 22.8. The largest absolute Gasteiger partial charge is 0.361 e. The fourth-order valence-corrected chi connectivity index (χ4v) is 10.4. The van der Waals surface area contributed by atoms with Gasteiger partial charge in [-0.1, -0.05) is 127 Å². The van der Waals surface area contributed by atoms with Crippen molar-refractivity contribution in [1.29, 1.82) is 0 Å². The van der Waals surface area contributed by atoms with Crippen LogP contribution in [0.1, 0.15) is 96.8 Å². The molecule has 0 saturated carbocycles. The maximum atomic E-state index is 15.0. The zero-order chi connectivity index (χ0) is 55.1. The number of H-pyrrole nitrogens is 1. The number of amides is 8. The number of hydrogen-bond acceptors (Lipinski definition) is 9. The molecule has 2 aliphatic rings. The molecule has 8 amide bonds. The van der Waals surface area contributed by atoms with E-state index in [1.165, 1.54) is 11.2 Å². The highest BCUT2D eigenvalue weighted by Crippen LogP contribution is 2.23. The van der Waals surface area contributed by atoms with E-state index in [4.69, 9.17) is 0 Å². The molecule has 0 aliphatic carbocycles. The SMILES string of the molecule is CCC(C)C1NC(=O)C(Cc2c[nH]c3ccccc23)NC(=O)C(Cc2ccccc2)NC(=O)C(Cc2ccccc2)NC(=O)C2CCCN2C(=O)C(CC(C)C)NC(=O)C(CC(C)C)NC(=O)C(CCS(C)=O)NC1=O. The van der Waals surface area contributed by atoms with Gasteiger partial charge in [0.1, 0.15) is 48.3 Å². The van der Waals surface area contributed by atoms with Crippen molar-refractivity contribution in [3.8, 4) is 0 Å². The van der Waals surface area contributed by atoms with Crippen molar-refractivity contribution in [2.24, 2.45) is 17.8 Å². The van der Waals surface area contributed by atoms with Gasteiger partial charge in [-0.25, -0.2) is 0 Å². The summed E-state index contributed by atoms with van der Waals surface area (Å²) in [5.41, 5.74) is 2.87. The number of aromatic nitrogens is 1. The van der Waals surface area contributed by atoms with Crippen molar-refractivity contribution < 1.29 is 42.6 Å². The molecule has 0 bridgehead atoms. The maximum absolute atomic E-state index is 15.0. The smallest absolute Gasteiger partial charge is 0.245 e. The molecule has 8 N–H and O–H groups in total. The molecule has 3 aromatic carbocycles. The highest BCUT2D eigenvalue weighted by atomic mass is 32.2. The third-order valence-electron chi connectivity index (χ3n) is 14.2. The van der Waals surface area contributed by atoms with Crippen LogP contribution in [-0.4, -0.2) is 128 Å². The van der Waals surface area contributed by atoms with E-state index in [2.05, 4.69) is 42.2 Å². The van der Waals surface area contributed by atoms with Gasteiger partial charge in [0.2, 0.25) is 47.3 Å². The third-order valence-corrected chi connectivity index (χ3v) is 15.0. The highest BCUT2D eigenvalue weighted by Gasteiger charge is 2.41. The van der Waals surface area contributed by atoms with Gasteiger partial charge < -0.3 is 47.1 Å². The van der Waals surface area contributed by atoms with E-state index in [9.17, 15) is 42.6 Å². The topological polar surface area (TPSA) is 257 Å². The Hall–Kier alpha value is -6.89. The second-order valence-electron chi connectivity index (χ2n) is 21.2. The summed E-state index contributed by atoms with van der Waals surface area (Å²) < 4.78 is 12.5. The predicted molar refractivity (Wildman–Crippen MR) is 292 cm³/mol. The number of fused-ring (bicyclic) bond motifs is 2. The van der Waals surface area contributed by atoms with Crippen LogP contribution in [0.25, 0.3) is 10.9 Å². The van der Waals surface area contributed by atoms with Crippen LogP contribution in [0.3, 0.4) is 0 Å². The van der Waals surface area contributed by atoms with Crippen LogP contribution < -0.4 is 37.2 Å². The Morgan fingerprint density at radius 3 is 1.61 bits per heavy atom. The number of rotatable bonds is 15. The molecule has 3 heterocycles. The van der Waals surface area contributed by atoms with Gasteiger partial charge in [-0.3, -0.25) is 42.6 Å². The van der Waals surface area contributed by atoms with Crippen molar-refractivity contribution in [3.05, 3.63) is 108 Å². The summed E-state index contributed by atoms with van der Waals surface area (Å²) in [6.45, 7) is 11.3. The summed E-state index contributed by atoms with van der Waals surface area (Å²) in [5.74, 6) is -6.01. The monoisotopic (exact) mass is 1060 g/mol. The quantitative estimate of drug-likeness (QED) is 0.0866. The second kappa shape index (κ2) is 27.8. The first-order valence-electron chi connectivity index (χ1n) is 26.7. The summed E-state index contributed by atoms with van der Waals surface area (Å²) in [5, 5.41) is 21.0. The number of carbonyl (C=O) groups excluding carboxylic acids is 8. The Kier molecular flexibility index (Phi) is 21.3. The van der Waals surface area contributed by atoms with E-state index >= 15 is 0 Å². The Morgan fingerprint density at radius 1 is 0.553 bits per heavy atom. The van der Waals surface area contributed by atoms with Crippen molar-refractivity contribution in [2.45, 2.75) is 148 Å². The van der Waals surface area contributed by atoms with Crippen molar-refractivity contribution in [1.82, 2.24) is 47.1 Å². The van der Waals surface area contributed by atoms with Gasteiger partial charge in [0, 0.05) is 65.7 Å². The van der Waals surface area contributed by atoms with E-state index in [0.717, 1.165) is 10.9 Å². The first-order chi connectivity index (χ1) is 36.3. The fourth-order valence-electron chi connectivity index (χ4n) is 9.87. The van der Waals surface area contributed by atoms with Crippen LogP contribution in [0.4, 0.5) is 0 Å². The molecule has 6 rings (SSSR count). The number of nitrogens with one attached hydrogen (secondary N) is 8. The minimum atomic E-state index is -1.39. The predicted octanol–water partition coefficient (Wildman–Crippen LogP) is 3.50. The van der Waals surface area contributed by atoms with Crippen LogP contribution >= 0.6 is 0 Å². The zero-order valence-electron chi connectivity index (χ0n) is 44.8. The Balaban J connectivity index is 1.46. The van der Waals surface area contributed by atoms with Gasteiger partial charge in [0.15, 0.2) is 0 Å². The molecule has 2 saturated heterocycles. The maximum Gasteiger partial charge on any atom is 0.245 e. The lowest BCUT2D eigenvalue weighted by molar-refractivity contribution is -0.143. The first kappa shape index (κ1) is 58.4. The molecule has 10 unspecified atom stereocenters. The molecule has 18 nitrogen and oxygen atoms in total. The van der Waals surface area contributed by atoms with Crippen molar-refractivity contribution >= 4 is 69.0 Å². The molecule has 0 radical (unpaired) electrons.